The number of halogens is 1. The molecule has 0 amide bonds. The molecule has 0 radical (unpaired) electrons. The Morgan fingerprint density at radius 1 is 1.42 bits per heavy atom. The Morgan fingerprint density at radius 2 is 2.37 bits per heavy atom. The molecule has 3 unspecified atom stereocenters. The fourth-order valence-electron chi connectivity index (χ4n) is 3.51. The van der Waals surface area contributed by atoms with Crippen LogP contribution < -0.4 is 0 Å². The molecule has 100 valence electrons. The first kappa shape index (κ1) is 11.7. The third kappa shape index (κ3) is 1.85. The summed E-state index contributed by atoms with van der Waals surface area (Å²) in [7, 11) is 0. The van der Waals surface area contributed by atoms with Gasteiger partial charge in [0, 0.05) is 18.7 Å². The number of aromatic nitrogens is 3. The predicted molar refractivity (Wildman–Crippen MR) is 73.1 cm³/mol. The molecule has 5 heteroatoms. The van der Waals surface area contributed by atoms with Crippen molar-refractivity contribution in [1.82, 2.24) is 14.5 Å². The molecule has 0 spiro atoms. The van der Waals surface area contributed by atoms with E-state index in [1.54, 1.807) is 6.20 Å². The zero-order valence-corrected chi connectivity index (χ0v) is 11.4. The van der Waals surface area contributed by atoms with Crippen LogP contribution in [0.15, 0.2) is 18.5 Å². The number of rotatable bonds is 3. The van der Waals surface area contributed by atoms with Gasteiger partial charge in [-0.25, -0.2) is 4.98 Å². The van der Waals surface area contributed by atoms with Gasteiger partial charge in [-0.1, -0.05) is 0 Å². The molecule has 3 atom stereocenters. The maximum atomic E-state index is 6.03. The molecule has 2 aliphatic rings. The number of fused-ring (bicyclic) bond motifs is 3. The number of pyridine rings is 1. The van der Waals surface area contributed by atoms with Crippen LogP contribution in [0.4, 0.5) is 0 Å². The van der Waals surface area contributed by atoms with Crippen molar-refractivity contribution < 1.29 is 4.74 Å². The Morgan fingerprint density at radius 3 is 3.11 bits per heavy atom. The Balaban J connectivity index is 1.70. The van der Waals surface area contributed by atoms with Crippen molar-refractivity contribution in [3.63, 3.8) is 0 Å². The van der Waals surface area contributed by atoms with E-state index >= 15 is 0 Å². The van der Waals surface area contributed by atoms with Crippen LogP contribution in [-0.4, -0.2) is 26.7 Å². The lowest BCUT2D eigenvalue weighted by Gasteiger charge is -2.20. The van der Waals surface area contributed by atoms with Gasteiger partial charge in [0.05, 0.1) is 29.8 Å². The molecule has 0 aliphatic carbocycles. The molecular weight excluding hydrogens is 262 g/mol. The molecule has 2 aliphatic heterocycles. The van der Waals surface area contributed by atoms with Crippen molar-refractivity contribution in [3.05, 3.63) is 24.3 Å². The summed E-state index contributed by atoms with van der Waals surface area (Å²) in [5.74, 6) is 1.98. The van der Waals surface area contributed by atoms with Crippen LogP contribution in [0.1, 0.15) is 25.1 Å². The summed E-state index contributed by atoms with van der Waals surface area (Å²) in [6.45, 7) is 0.962. The van der Waals surface area contributed by atoms with Gasteiger partial charge < -0.3 is 9.30 Å². The van der Waals surface area contributed by atoms with Crippen LogP contribution in [0.3, 0.4) is 0 Å². The van der Waals surface area contributed by atoms with Crippen LogP contribution >= 0.6 is 11.6 Å². The highest BCUT2D eigenvalue weighted by molar-refractivity contribution is 6.16. The van der Waals surface area contributed by atoms with E-state index in [0.717, 1.165) is 23.4 Å². The van der Waals surface area contributed by atoms with Crippen molar-refractivity contribution in [2.45, 2.75) is 43.9 Å². The standard InChI is InChI=1S/C14H16ClN3O/c15-6-14-17-11-7-16-4-3-12(11)18(14)8-9-5-10-1-2-13(9)19-10/h3-4,7,9-10,13H,1-2,5-6,8H2. The molecular formula is C14H16ClN3O. The van der Waals surface area contributed by atoms with E-state index in [-0.39, 0.29) is 0 Å². The van der Waals surface area contributed by atoms with Crippen molar-refractivity contribution in [1.29, 1.82) is 0 Å². The zero-order chi connectivity index (χ0) is 12.8. The second-order valence-electron chi connectivity index (χ2n) is 5.51. The molecule has 0 N–H and O–H groups in total. The molecule has 2 saturated heterocycles. The van der Waals surface area contributed by atoms with E-state index in [2.05, 4.69) is 14.5 Å². The minimum Gasteiger partial charge on any atom is -0.375 e. The third-order valence-corrected chi connectivity index (χ3v) is 4.64. The van der Waals surface area contributed by atoms with Crippen LogP contribution in [0.5, 0.6) is 0 Å². The molecule has 2 aromatic rings. The molecule has 2 fully saturated rings. The van der Waals surface area contributed by atoms with Crippen molar-refractivity contribution >= 4 is 22.6 Å². The second kappa shape index (κ2) is 4.46. The molecule has 2 aromatic heterocycles. The van der Waals surface area contributed by atoms with Gasteiger partial charge in [-0.15, -0.1) is 11.6 Å². The van der Waals surface area contributed by atoms with Crippen LogP contribution in [0, 0.1) is 5.92 Å². The minimum atomic E-state index is 0.437. The molecule has 0 aromatic carbocycles. The Kier molecular flexibility index (Phi) is 2.74. The van der Waals surface area contributed by atoms with Gasteiger partial charge in [-0.2, -0.15) is 0 Å². The Bertz CT molecular complexity index is 612. The minimum absolute atomic E-state index is 0.437. The monoisotopic (exact) mass is 277 g/mol. The second-order valence-corrected chi connectivity index (χ2v) is 5.77. The fraction of sp³-hybridized carbons (Fsp3) is 0.571. The lowest BCUT2D eigenvalue weighted by Crippen LogP contribution is -2.22. The Labute approximate surface area is 116 Å². The normalized spacial score (nSPS) is 29.4. The maximum absolute atomic E-state index is 6.03. The molecule has 19 heavy (non-hydrogen) atoms. The van der Waals surface area contributed by atoms with Gasteiger partial charge in [-0.05, 0) is 25.3 Å². The predicted octanol–water partition coefficient (Wildman–Crippen LogP) is 2.74. The number of imidazole rings is 1. The van der Waals surface area contributed by atoms with Crippen LogP contribution in [-0.2, 0) is 17.2 Å². The molecule has 4 heterocycles. The molecule has 2 bridgehead atoms. The largest absolute Gasteiger partial charge is 0.375 e. The van der Waals surface area contributed by atoms with Gasteiger partial charge in [0.25, 0.3) is 0 Å². The van der Waals surface area contributed by atoms with E-state index in [9.17, 15) is 0 Å². The average Bonchev–Trinajstić information content (AvgIpc) is 3.13. The van der Waals surface area contributed by atoms with Gasteiger partial charge >= 0.3 is 0 Å². The zero-order valence-electron chi connectivity index (χ0n) is 10.6. The number of nitrogens with zero attached hydrogens (tertiary/aromatic N) is 3. The average molecular weight is 278 g/mol. The molecule has 4 rings (SSSR count). The van der Waals surface area contributed by atoms with Gasteiger partial charge in [0.1, 0.15) is 11.3 Å². The smallest absolute Gasteiger partial charge is 0.124 e. The first-order valence-electron chi connectivity index (χ1n) is 6.85. The summed E-state index contributed by atoms with van der Waals surface area (Å²) in [5.41, 5.74) is 2.07. The third-order valence-electron chi connectivity index (χ3n) is 4.40. The van der Waals surface area contributed by atoms with Crippen molar-refractivity contribution in [2.24, 2.45) is 5.92 Å². The van der Waals surface area contributed by atoms with Gasteiger partial charge in [0.15, 0.2) is 0 Å². The van der Waals surface area contributed by atoms with Crippen LogP contribution in [0.25, 0.3) is 11.0 Å². The number of hydrogen-bond donors (Lipinski definition) is 0. The quantitative estimate of drug-likeness (QED) is 0.810. The number of ether oxygens (including phenoxy) is 1. The van der Waals surface area contributed by atoms with Crippen LogP contribution in [0.2, 0.25) is 0 Å². The summed E-state index contributed by atoms with van der Waals surface area (Å²) in [6.07, 6.45) is 8.17. The maximum Gasteiger partial charge on any atom is 0.124 e. The number of hydrogen-bond acceptors (Lipinski definition) is 3. The Hall–Kier alpha value is -1.13. The first-order valence-corrected chi connectivity index (χ1v) is 7.39. The van der Waals surface area contributed by atoms with Gasteiger partial charge in [-0.3, -0.25) is 4.98 Å². The van der Waals surface area contributed by atoms with E-state index in [0.29, 0.717) is 24.0 Å². The fourth-order valence-corrected chi connectivity index (χ4v) is 3.71. The lowest BCUT2D eigenvalue weighted by atomic mass is 9.89. The first-order chi connectivity index (χ1) is 9.35. The summed E-state index contributed by atoms with van der Waals surface area (Å²) < 4.78 is 8.19. The SMILES string of the molecule is ClCc1nc2cnccc2n1CC1CC2CCC1O2. The van der Waals surface area contributed by atoms with Crippen molar-refractivity contribution in [3.8, 4) is 0 Å². The van der Waals surface area contributed by atoms with E-state index in [1.807, 2.05) is 12.3 Å². The van der Waals surface area contributed by atoms with Gasteiger partial charge in [0.2, 0.25) is 0 Å². The van der Waals surface area contributed by atoms with E-state index in [4.69, 9.17) is 16.3 Å². The summed E-state index contributed by atoms with van der Waals surface area (Å²) in [6, 6.07) is 2.02. The highest BCUT2D eigenvalue weighted by atomic mass is 35.5. The van der Waals surface area contributed by atoms with E-state index < -0.39 is 0 Å². The summed E-state index contributed by atoms with van der Waals surface area (Å²) in [4.78, 5) is 8.69. The lowest BCUT2D eigenvalue weighted by molar-refractivity contribution is 0.0900. The highest BCUT2D eigenvalue weighted by Gasteiger charge is 2.40. The highest BCUT2D eigenvalue weighted by Crippen LogP contribution is 2.40. The molecule has 0 saturated carbocycles. The molecule has 4 nitrogen and oxygen atoms in total. The van der Waals surface area contributed by atoms with E-state index in [1.165, 1.54) is 19.3 Å². The topological polar surface area (TPSA) is 39.9 Å². The number of alkyl halides is 1. The summed E-state index contributed by atoms with van der Waals surface area (Å²) in [5, 5.41) is 0. The van der Waals surface area contributed by atoms with Crippen molar-refractivity contribution in [2.75, 3.05) is 0 Å². The summed E-state index contributed by atoms with van der Waals surface area (Å²) >= 11 is 6.03.